The SMILES string of the molecule is CC(C)OCCCNC(C)c1ccc(Br)cc1Br. The van der Waals surface area contributed by atoms with Crippen LogP contribution in [0.3, 0.4) is 0 Å². The number of hydrogen-bond acceptors (Lipinski definition) is 2. The van der Waals surface area contributed by atoms with Crippen LogP contribution in [-0.4, -0.2) is 19.3 Å². The molecule has 0 radical (unpaired) electrons. The van der Waals surface area contributed by atoms with Gasteiger partial charge in [-0.05, 0) is 51.4 Å². The highest BCUT2D eigenvalue weighted by molar-refractivity contribution is 9.11. The zero-order valence-electron chi connectivity index (χ0n) is 11.2. The van der Waals surface area contributed by atoms with Gasteiger partial charge in [-0.2, -0.15) is 0 Å². The van der Waals surface area contributed by atoms with E-state index >= 15 is 0 Å². The summed E-state index contributed by atoms with van der Waals surface area (Å²) < 4.78 is 7.74. The zero-order chi connectivity index (χ0) is 13.5. The second kappa shape index (κ2) is 8.31. The largest absolute Gasteiger partial charge is 0.379 e. The van der Waals surface area contributed by atoms with Gasteiger partial charge in [0.15, 0.2) is 0 Å². The molecule has 0 aliphatic rings. The van der Waals surface area contributed by atoms with Gasteiger partial charge in [0.05, 0.1) is 6.10 Å². The van der Waals surface area contributed by atoms with Crippen LogP contribution < -0.4 is 5.32 Å². The van der Waals surface area contributed by atoms with Crippen molar-refractivity contribution in [3.8, 4) is 0 Å². The molecule has 1 atom stereocenters. The standard InChI is InChI=1S/C14H21Br2NO/c1-10(2)18-8-4-7-17-11(3)13-6-5-12(15)9-14(13)16/h5-6,9-11,17H,4,7-8H2,1-3H3. The molecule has 1 unspecified atom stereocenters. The monoisotopic (exact) mass is 377 g/mol. The Labute approximate surface area is 127 Å². The van der Waals surface area contributed by atoms with Crippen molar-refractivity contribution < 1.29 is 4.74 Å². The highest BCUT2D eigenvalue weighted by atomic mass is 79.9. The summed E-state index contributed by atoms with van der Waals surface area (Å²) in [7, 11) is 0. The van der Waals surface area contributed by atoms with Gasteiger partial charge < -0.3 is 10.1 Å². The van der Waals surface area contributed by atoms with Crippen LogP contribution in [0.25, 0.3) is 0 Å². The third-order valence-electron chi connectivity index (χ3n) is 2.65. The van der Waals surface area contributed by atoms with Crippen LogP contribution >= 0.6 is 31.9 Å². The lowest BCUT2D eigenvalue weighted by Gasteiger charge is -2.16. The van der Waals surface area contributed by atoms with Gasteiger partial charge in [-0.3, -0.25) is 0 Å². The van der Waals surface area contributed by atoms with E-state index in [0.29, 0.717) is 12.1 Å². The van der Waals surface area contributed by atoms with Crippen molar-refractivity contribution >= 4 is 31.9 Å². The van der Waals surface area contributed by atoms with E-state index in [1.54, 1.807) is 0 Å². The Morgan fingerprint density at radius 1 is 1.22 bits per heavy atom. The molecule has 1 aromatic rings. The Bertz CT molecular complexity index is 369. The minimum atomic E-state index is 0.322. The summed E-state index contributed by atoms with van der Waals surface area (Å²) in [6, 6.07) is 6.62. The number of rotatable bonds is 7. The van der Waals surface area contributed by atoms with Crippen LogP contribution in [0.2, 0.25) is 0 Å². The first-order valence-corrected chi connectivity index (χ1v) is 7.89. The Kier molecular flexibility index (Phi) is 7.46. The summed E-state index contributed by atoms with van der Waals surface area (Å²) in [5.41, 5.74) is 1.28. The Morgan fingerprint density at radius 3 is 2.56 bits per heavy atom. The van der Waals surface area contributed by atoms with Gasteiger partial charge in [-0.1, -0.05) is 37.9 Å². The maximum atomic E-state index is 5.51. The molecule has 0 amide bonds. The van der Waals surface area contributed by atoms with Crippen molar-refractivity contribution in [3.05, 3.63) is 32.7 Å². The molecule has 0 aliphatic carbocycles. The number of halogens is 2. The molecule has 18 heavy (non-hydrogen) atoms. The van der Waals surface area contributed by atoms with E-state index in [2.05, 4.69) is 76.1 Å². The van der Waals surface area contributed by atoms with Gasteiger partial charge in [0, 0.05) is 21.6 Å². The van der Waals surface area contributed by atoms with Gasteiger partial charge in [-0.15, -0.1) is 0 Å². The summed E-state index contributed by atoms with van der Waals surface area (Å²) in [4.78, 5) is 0. The first-order chi connectivity index (χ1) is 8.50. The van der Waals surface area contributed by atoms with Crippen molar-refractivity contribution in [2.75, 3.05) is 13.2 Å². The van der Waals surface area contributed by atoms with Crippen LogP contribution in [0.4, 0.5) is 0 Å². The highest BCUT2D eigenvalue weighted by Gasteiger charge is 2.08. The summed E-state index contributed by atoms with van der Waals surface area (Å²) in [6.45, 7) is 8.09. The van der Waals surface area contributed by atoms with E-state index in [0.717, 1.165) is 28.5 Å². The summed E-state index contributed by atoms with van der Waals surface area (Å²) >= 11 is 7.06. The van der Waals surface area contributed by atoms with E-state index in [-0.39, 0.29) is 0 Å². The fourth-order valence-electron chi connectivity index (χ4n) is 1.67. The third kappa shape index (κ3) is 5.83. The van der Waals surface area contributed by atoms with Gasteiger partial charge in [0.1, 0.15) is 0 Å². The van der Waals surface area contributed by atoms with E-state index in [1.165, 1.54) is 5.56 Å². The number of ether oxygens (including phenoxy) is 1. The zero-order valence-corrected chi connectivity index (χ0v) is 14.3. The third-order valence-corrected chi connectivity index (χ3v) is 3.83. The van der Waals surface area contributed by atoms with Crippen LogP contribution in [-0.2, 0) is 4.74 Å². The molecule has 0 aromatic heterocycles. The fourth-order valence-corrected chi connectivity index (χ4v) is 3.06. The van der Waals surface area contributed by atoms with Crippen molar-refractivity contribution in [1.82, 2.24) is 5.32 Å². The van der Waals surface area contributed by atoms with Gasteiger partial charge in [0.2, 0.25) is 0 Å². The van der Waals surface area contributed by atoms with Crippen LogP contribution in [0.15, 0.2) is 27.1 Å². The average molecular weight is 379 g/mol. The highest BCUT2D eigenvalue weighted by Crippen LogP contribution is 2.26. The summed E-state index contributed by atoms with van der Waals surface area (Å²) in [6.07, 6.45) is 1.36. The van der Waals surface area contributed by atoms with Gasteiger partial charge >= 0.3 is 0 Å². The predicted molar refractivity (Wildman–Crippen MR) is 84.0 cm³/mol. The maximum absolute atomic E-state index is 5.51. The number of benzene rings is 1. The molecule has 1 rings (SSSR count). The molecule has 0 heterocycles. The second-order valence-electron chi connectivity index (χ2n) is 4.61. The van der Waals surface area contributed by atoms with Crippen molar-refractivity contribution in [2.24, 2.45) is 0 Å². The molecule has 102 valence electrons. The molecule has 2 nitrogen and oxygen atoms in total. The molecule has 0 spiro atoms. The number of hydrogen-bond donors (Lipinski definition) is 1. The summed E-state index contributed by atoms with van der Waals surface area (Å²) in [5.74, 6) is 0. The first-order valence-electron chi connectivity index (χ1n) is 6.30. The molecule has 0 fully saturated rings. The molecule has 0 saturated carbocycles. The fraction of sp³-hybridized carbons (Fsp3) is 0.571. The lowest BCUT2D eigenvalue weighted by atomic mass is 10.1. The molecule has 0 saturated heterocycles. The van der Waals surface area contributed by atoms with E-state index in [9.17, 15) is 0 Å². The molecule has 1 N–H and O–H groups in total. The van der Waals surface area contributed by atoms with Crippen molar-refractivity contribution in [2.45, 2.75) is 39.3 Å². The van der Waals surface area contributed by atoms with Crippen molar-refractivity contribution in [1.29, 1.82) is 0 Å². The van der Waals surface area contributed by atoms with E-state index < -0.39 is 0 Å². The Morgan fingerprint density at radius 2 is 1.94 bits per heavy atom. The minimum Gasteiger partial charge on any atom is -0.379 e. The lowest BCUT2D eigenvalue weighted by Crippen LogP contribution is -2.21. The molecule has 4 heteroatoms. The normalized spacial score (nSPS) is 13.0. The average Bonchev–Trinajstić information content (AvgIpc) is 2.27. The molecular formula is C14H21Br2NO. The minimum absolute atomic E-state index is 0.322. The van der Waals surface area contributed by atoms with Crippen LogP contribution in [0, 0.1) is 0 Å². The quantitative estimate of drug-likeness (QED) is 0.695. The van der Waals surface area contributed by atoms with Crippen LogP contribution in [0.5, 0.6) is 0 Å². The van der Waals surface area contributed by atoms with Gasteiger partial charge in [0.25, 0.3) is 0 Å². The smallest absolute Gasteiger partial charge is 0.0518 e. The molecule has 0 aliphatic heterocycles. The molecular weight excluding hydrogens is 358 g/mol. The Hall–Kier alpha value is 0.1000. The van der Waals surface area contributed by atoms with E-state index in [1.807, 2.05) is 0 Å². The summed E-state index contributed by atoms with van der Waals surface area (Å²) in [5, 5.41) is 3.51. The second-order valence-corrected chi connectivity index (χ2v) is 6.38. The Balaban J connectivity index is 2.34. The van der Waals surface area contributed by atoms with Crippen LogP contribution in [0.1, 0.15) is 38.8 Å². The lowest BCUT2D eigenvalue weighted by molar-refractivity contribution is 0.0768. The molecule has 1 aromatic carbocycles. The predicted octanol–water partition coefficient (Wildman–Crippen LogP) is 4.68. The number of nitrogens with one attached hydrogen (secondary N) is 1. The van der Waals surface area contributed by atoms with Crippen molar-refractivity contribution in [3.63, 3.8) is 0 Å². The topological polar surface area (TPSA) is 21.3 Å². The molecule has 0 bridgehead atoms. The maximum Gasteiger partial charge on any atom is 0.0518 e. The first kappa shape index (κ1) is 16.2. The van der Waals surface area contributed by atoms with Gasteiger partial charge in [-0.25, -0.2) is 0 Å². The van der Waals surface area contributed by atoms with E-state index in [4.69, 9.17) is 4.74 Å².